The molecule has 0 aromatic carbocycles. The molecule has 0 aliphatic heterocycles. The lowest BCUT2D eigenvalue weighted by Gasteiger charge is -2.34. The third-order valence-corrected chi connectivity index (χ3v) is 2.90. The van der Waals surface area contributed by atoms with E-state index in [1.54, 1.807) is 0 Å². The average Bonchev–Trinajstić information content (AvgIpc) is 2.01. The molecule has 2 atom stereocenters. The molecule has 14 heavy (non-hydrogen) atoms. The summed E-state index contributed by atoms with van der Waals surface area (Å²) >= 11 is 0. The van der Waals surface area contributed by atoms with Crippen LogP contribution >= 0.6 is 0 Å². The van der Waals surface area contributed by atoms with Gasteiger partial charge in [-0.05, 0) is 24.2 Å². The second kappa shape index (κ2) is 4.77. The van der Waals surface area contributed by atoms with Gasteiger partial charge in [-0.25, -0.2) is 0 Å². The van der Waals surface area contributed by atoms with E-state index in [0.29, 0.717) is 5.92 Å². The van der Waals surface area contributed by atoms with E-state index in [9.17, 15) is 4.79 Å². The zero-order chi connectivity index (χ0) is 11.4. The second-order valence-electron chi connectivity index (χ2n) is 5.78. The number of aldehydes is 1. The van der Waals surface area contributed by atoms with Crippen LogP contribution in [0.25, 0.3) is 0 Å². The molecule has 0 amide bonds. The van der Waals surface area contributed by atoms with Crippen molar-refractivity contribution < 1.29 is 4.79 Å². The first-order chi connectivity index (χ1) is 6.25. The highest BCUT2D eigenvalue weighted by molar-refractivity contribution is 5.59. The van der Waals surface area contributed by atoms with Gasteiger partial charge in [0.1, 0.15) is 6.29 Å². The Kier molecular flexibility index (Phi) is 4.57. The minimum Gasteiger partial charge on any atom is -0.303 e. The van der Waals surface area contributed by atoms with Crippen LogP contribution in [0.4, 0.5) is 0 Å². The van der Waals surface area contributed by atoms with E-state index < -0.39 is 0 Å². The third kappa shape index (κ3) is 4.08. The molecule has 0 heterocycles. The number of rotatable bonds is 5. The Labute approximate surface area is 88.6 Å². The molecular formula is C13H24O. The van der Waals surface area contributed by atoms with Crippen LogP contribution in [-0.2, 0) is 4.79 Å². The van der Waals surface area contributed by atoms with Crippen molar-refractivity contribution in [1.82, 2.24) is 0 Å². The lowest BCUT2D eigenvalue weighted by Crippen LogP contribution is -2.29. The molecule has 0 spiro atoms. The van der Waals surface area contributed by atoms with E-state index in [2.05, 4.69) is 34.3 Å². The monoisotopic (exact) mass is 196 g/mol. The summed E-state index contributed by atoms with van der Waals surface area (Å²) in [5, 5.41) is 0. The quantitative estimate of drug-likeness (QED) is 0.482. The molecule has 0 aromatic heterocycles. The van der Waals surface area contributed by atoms with Crippen molar-refractivity contribution in [3.63, 3.8) is 0 Å². The molecular weight excluding hydrogens is 172 g/mol. The van der Waals surface area contributed by atoms with Crippen LogP contribution in [0.1, 0.15) is 47.5 Å². The van der Waals surface area contributed by atoms with Crippen LogP contribution in [-0.4, -0.2) is 6.29 Å². The SMILES string of the molecule is C=CCC(C)(C=O)C(C)CC(C)(C)C. The van der Waals surface area contributed by atoms with Gasteiger partial charge in [-0.1, -0.05) is 40.7 Å². The Balaban J connectivity index is 4.53. The van der Waals surface area contributed by atoms with Crippen molar-refractivity contribution in [2.75, 3.05) is 0 Å². The van der Waals surface area contributed by atoms with E-state index in [-0.39, 0.29) is 10.8 Å². The fraction of sp³-hybridized carbons (Fsp3) is 0.769. The van der Waals surface area contributed by atoms with Gasteiger partial charge in [0, 0.05) is 5.41 Å². The van der Waals surface area contributed by atoms with Crippen molar-refractivity contribution in [3.8, 4) is 0 Å². The molecule has 0 saturated heterocycles. The van der Waals surface area contributed by atoms with Crippen LogP contribution in [0.3, 0.4) is 0 Å². The molecule has 0 rings (SSSR count). The number of carbonyl (C=O) groups is 1. The fourth-order valence-corrected chi connectivity index (χ4v) is 1.83. The molecule has 0 aromatic rings. The van der Waals surface area contributed by atoms with E-state index in [4.69, 9.17) is 0 Å². The summed E-state index contributed by atoms with van der Waals surface area (Å²) in [6, 6.07) is 0. The first-order valence-electron chi connectivity index (χ1n) is 5.32. The second-order valence-corrected chi connectivity index (χ2v) is 5.78. The Bertz CT molecular complexity index is 200. The van der Waals surface area contributed by atoms with Gasteiger partial charge in [-0.15, -0.1) is 6.58 Å². The zero-order valence-electron chi connectivity index (χ0n) is 10.3. The Hall–Kier alpha value is -0.590. The molecule has 0 N–H and O–H groups in total. The third-order valence-electron chi connectivity index (χ3n) is 2.90. The summed E-state index contributed by atoms with van der Waals surface area (Å²) in [4.78, 5) is 11.1. The minimum absolute atomic E-state index is 0.241. The molecule has 0 aliphatic rings. The molecule has 1 heteroatoms. The summed E-state index contributed by atoms with van der Waals surface area (Å²) in [6.45, 7) is 14.5. The van der Waals surface area contributed by atoms with Crippen molar-refractivity contribution in [2.24, 2.45) is 16.7 Å². The van der Waals surface area contributed by atoms with Crippen molar-refractivity contribution >= 4 is 6.29 Å². The van der Waals surface area contributed by atoms with Gasteiger partial charge >= 0.3 is 0 Å². The molecule has 82 valence electrons. The number of allylic oxidation sites excluding steroid dienone is 1. The Morgan fingerprint density at radius 1 is 1.29 bits per heavy atom. The highest BCUT2D eigenvalue weighted by Gasteiger charge is 2.32. The Morgan fingerprint density at radius 3 is 2.07 bits per heavy atom. The Morgan fingerprint density at radius 2 is 1.79 bits per heavy atom. The number of hydrogen-bond donors (Lipinski definition) is 0. The van der Waals surface area contributed by atoms with Gasteiger partial charge in [0.05, 0.1) is 0 Å². The summed E-state index contributed by atoms with van der Waals surface area (Å²) in [5.41, 5.74) is 0.0416. The number of hydrogen-bond acceptors (Lipinski definition) is 1. The zero-order valence-corrected chi connectivity index (χ0v) is 10.3. The maximum Gasteiger partial charge on any atom is 0.126 e. The molecule has 0 fully saturated rings. The highest BCUT2D eigenvalue weighted by atomic mass is 16.1. The van der Waals surface area contributed by atoms with Gasteiger partial charge in [-0.3, -0.25) is 0 Å². The summed E-state index contributed by atoms with van der Waals surface area (Å²) < 4.78 is 0. The smallest absolute Gasteiger partial charge is 0.126 e. The van der Waals surface area contributed by atoms with Crippen LogP contribution in [0.5, 0.6) is 0 Å². The van der Waals surface area contributed by atoms with E-state index in [1.807, 2.05) is 13.0 Å². The van der Waals surface area contributed by atoms with Crippen molar-refractivity contribution in [1.29, 1.82) is 0 Å². The molecule has 0 radical (unpaired) electrons. The first kappa shape index (κ1) is 13.4. The fourth-order valence-electron chi connectivity index (χ4n) is 1.83. The van der Waals surface area contributed by atoms with Gasteiger partial charge in [0.2, 0.25) is 0 Å². The van der Waals surface area contributed by atoms with Crippen LogP contribution in [0.15, 0.2) is 12.7 Å². The summed E-state index contributed by atoms with van der Waals surface area (Å²) in [6.07, 6.45) is 4.77. The average molecular weight is 196 g/mol. The van der Waals surface area contributed by atoms with Crippen LogP contribution < -0.4 is 0 Å². The standard InChI is InChI=1S/C13H24O/c1-7-8-13(6,10-14)11(2)9-12(3,4)5/h7,10-11H,1,8-9H2,2-6H3. The van der Waals surface area contributed by atoms with E-state index >= 15 is 0 Å². The summed E-state index contributed by atoms with van der Waals surface area (Å²) in [7, 11) is 0. The van der Waals surface area contributed by atoms with Gasteiger partial charge in [0.15, 0.2) is 0 Å². The first-order valence-corrected chi connectivity index (χ1v) is 5.32. The highest BCUT2D eigenvalue weighted by Crippen LogP contribution is 2.37. The lowest BCUT2D eigenvalue weighted by atomic mass is 9.70. The topological polar surface area (TPSA) is 17.1 Å². The predicted octanol–water partition coefficient (Wildman–Crippen LogP) is 3.84. The van der Waals surface area contributed by atoms with Gasteiger partial charge < -0.3 is 4.79 Å². The van der Waals surface area contributed by atoms with Crippen molar-refractivity contribution in [2.45, 2.75) is 47.5 Å². The maximum atomic E-state index is 11.1. The molecule has 0 aliphatic carbocycles. The van der Waals surface area contributed by atoms with E-state index in [0.717, 1.165) is 19.1 Å². The maximum absolute atomic E-state index is 11.1. The molecule has 0 saturated carbocycles. The summed E-state index contributed by atoms with van der Waals surface area (Å²) in [5.74, 6) is 0.401. The predicted molar refractivity (Wildman–Crippen MR) is 62.2 cm³/mol. The molecule has 0 bridgehead atoms. The van der Waals surface area contributed by atoms with Gasteiger partial charge in [-0.2, -0.15) is 0 Å². The lowest BCUT2D eigenvalue weighted by molar-refractivity contribution is -0.118. The minimum atomic E-state index is -0.241. The van der Waals surface area contributed by atoms with Gasteiger partial charge in [0.25, 0.3) is 0 Å². The van der Waals surface area contributed by atoms with Crippen LogP contribution in [0, 0.1) is 16.7 Å². The molecule has 1 nitrogen and oxygen atoms in total. The number of carbonyl (C=O) groups excluding carboxylic acids is 1. The largest absolute Gasteiger partial charge is 0.303 e. The van der Waals surface area contributed by atoms with Crippen LogP contribution in [0.2, 0.25) is 0 Å². The van der Waals surface area contributed by atoms with E-state index in [1.165, 1.54) is 0 Å². The molecule has 2 unspecified atom stereocenters. The normalized spacial score (nSPS) is 18.4. The van der Waals surface area contributed by atoms with Crippen molar-refractivity contribution in [3.05, 3.63) is 12.7 Å².